The summed E-state index contributed by atoms with van der Waals surface area (Å²) in [4.78, 5) is 4.04. The zero-order valence-electron chi connectivity index (χ0n) is 10.1. The highest BCUT2D eigenvalue weighted by atomic mass is 79.9. The van der Waals surface area contributed by atoms with Gasteiger partial charge < -0.3 is 0 Å². The monoisotopic (exact) mass is 293 g/mol. The van der Waals surface area contributed by atoms with Crippen molar-refractivity contribution in [2.45, 2.75) is 25.7 Å². The summed E-state index contributed by atoms with van der Waals surface area (Å²) >= 11 is 3.52. The van der Waals surface area contributed by atoms with Gasteiger partial charge in [0, 0.05) is 41.6 Å². The minimum atomic E-state index is 0.600. The molecule has 3 nitrogen and oxygen atoms in total. The summed E-state index contributed by atoms with van der Waals surface area (Å²) < 4.78 is 2.02. The van der Waals surface area contributed by atoms with Crippen molar-refractivity contribution in [2.75, 3.05) is 0 Å². The second-order valence-electron chi connectivity index (χ2n) is 4.49. The largest absolute Gasteiger partial charge is 0.272 e. The van der Waals surface area contributed by atoms with E-state index in [9.17, 15) is 0 Å². The van der Waals surface area contributed by atoms with E-state index in [1.807, 2.05) is 16.8 Å². The first-order chi connectivity index (χ1) is 8.20. The highest BCUT2D eigenvalue weighted by Gasteiger charge is 2.10. The summed E-state index contributed by atoms with van der Waals surface area (Å²) in [7, 11) is 0. The zero-order chi connectivity index (χ0) is 12.3. The van der Waals surface area contributed by atoms with Crippen molar-refractivity contribution in [3.8, 4) is 11.3 Å². The van der Waals surface area contributed by atoms with Gasteiger partial charge in [-0.1, -0.05) is 29.8 Å². The van der Waals surface area contributed by atoms with E-state index in [0.29, 0.717) is 5.92 Å². The van der Waals surface area contributed by atoms with Gasteiger partial charge in [0.05, 0.1) is 5.69 Å². The van der Waals surface area contributed by atoms with Gasteiger partial charge in [0.25, 0.3) is 0 Å². The Bertz CT molecular complexity index is 477. The molecular weight excluding hydrogens is 278 g/mol. The van der Waals surface area contributed by atoms with Crippen LogP contribution in [0.1, 0.15) is 19.4 Å². The van der Waals surface area contributed by atoms with Crippen LogP contribution in [0, 0.1) is 5.92 Å². The van der Waals surface area contributed by atoms with Gasteiger partial charge in [0.15, 0.2) is 0 Å². The zero-order valence-corrected chi connectivity index (χ0v) is 11.7. The Balaban J connectivity index is 2.36. The first kappa shape index (κ1) is 12.3. The molecule has 0 aromatic carbocycles. The van der Waals surface area contributed by atoms with E-state index in [0.717, 1.165) is 23.1 Å². The third-order valence-corrected chi connectivity index (χ3v) is 3.09. The molecule has 0 N–H and O–H groups in total. The molecule has 0 aliphatic rings. The molecule has 0 atom stereocenters. The molecular formula is C13H16BrN3. The van der Waals surface area contributed by atoms with Crippen molar-refractivity contribution in [2.24, 2.45) is 5.92 Å². The van der Waals surface area contributed by atoms with E-state index < -0.39 is 0 Å². The molecule has 2 aromatic rings. The van der Waals surface area contributed by atoms with Crippen molar-refractivity contribution >= 4 is 15.9 Å². The van der Waals surface area contributed by atoms with Crippen LogP contribution in [-0.4, -0.2) is 14.8 Å². The van der Waals surface area contributed by atoms with Crippen LogP contribution in [0.3, 0.4) is 0 Å². The quantitative estimate of drug-likeness (QED) is 0.808. The van der Waals surface area contributed by atoms with Crippen molar-refractivity contribution in [3.63, 3.8) is 0 Å². The Morgan fingerprint density at radius 3 is 2.59 bits per heavy atom. The third kappa shape index (κ3) is 2.94. The highest BCUT2D eigenvalue weighted by Crippen LogP contribution is 2.23. The molecule has 2 aromatic heterocycles. The lowest BCUT2D eigenvalue weighted by molar-refractivity contribution is 0.484. The average Bonchev–Trinajstić information content (AvgIpc) is 2.72. The van der Waals surface area contributed by atoms with E-state index >= 15 is 0 Å². The first-order valence-corrected chi connectivity index (χ1v) is 6.85. The van der Waals surface area contributed by atoms with Gasteiger partial charge in [0.1, 0.15) is 0 Å². The molecule has 0 radical (unpaired) electrons. The maximum Gasteiger partial charge on any atom is 0.0964 e. The van der Waals surface area contributed by atoms with E-state index in [4.69, 9.17) is 0 Å². The average molecular weight is 294 g/mol. The Morgan fingerprint density at radius 2 is 2.00 bits per heavy atom. The fourth-order valence-corrected chi connectivity index (χ4v) is 2.19. The number of halogens is 1. The summed E-state index contributed by atoms with van der Waals surface area (Å²) in [5, 5.41) is 5.47. The Morgan fingerprint density at radius 1 is 1.29 bits per heavy atom. The summed E-state index contributed by atoms with van der Waals surface area (Å²) in [6, 6.07) is 3.99. The van der Waals surface area contributed by atoms with Crippen molar-refractivity contribution in [1.29, 1.82) is 0 Å². The predicted octanol–water partition coefficient (Wildman–Crippen LogP) is 3.50. The van der Waals surface area contributed by atoms with Gasteiger partial charge >= 0.3 is 0 Å². The third-order valence-electron chi connectivity index (χ3n) is 2.49. The van der Waals surface area contributed by atoms with Crippen molar-refractivity contribution in [3.05, 3.63) is 36.3 Å². The van der Waals surface area contributed by atoms with Crippen molar-refractivity contribution in [1.82, 2.24) is 14.8 Å². The van der Waals surface area contributed by atoms with Crippen molar-refractivity contribution < 1.29 is 0 Å². The van der Waals surface area contributed by atoms with Crippen LogP contribution >= 0.6 is 15.9 Å². The molecule has 0 amide bonds. The molecule has 0 spiro atoms. The minimum absolute atomic E-state index is 0.600. The fraction of sp³-hybridized carbons (Fsp3) is 0.385. The predicted molar refractivity (Wildman–Crippen MR) is 72.9 cm³/mol. The lowest BCUT2D eigenvalue weighted by Crippen LogP contribution is -2.04. The minimum Gasteiger partial charge on any atom is -0.272 e. The number of hydrogen-bond donors (Lipinski definition) is 0. The van der Waals surface area contributed by atoms with Gasteiger partial charge in [-0.2, -0.15) is 5.10 Å². The molecule has 17 heavy (non-hydrogen) atoms. The molecule has 0 aliphatic carbocycles. The number of aromatic nitrogens is 3. The number of nitrogens with zero attached hydrogens (tertiary/aromatic N) is 3. The summed E-state index contributed by atoms with van der Waals surface area (Å²) in [5.41, 5.74) is 3.39. The Kier molecular flexibility index (Phi) is 3.94. The number of hydrogen-bond acceptors (Lipinski definition) is 2. The van der Waals surface area contributed by atoms with Gasteiger partial charge in [-0.05, 0) is 18.1 Å². The molecule has 2 heterocycles. The smallest absolute Gasteiger partial charge is 0.0964 e. The molecule has 0 aliphatic heterocycles. The number of rotatable bonds is 4. The van der Waals surface area contributed by atoms with E-state index in [1.165, 1.54) is 5.56 Å². The van der Waals surface area contributed by atoms with Gasteiger partial charge in [-0.3, -0.25) is 9.67 Å². The SMILES string of the molecule is CC(C)Cn1cc(CBr)c(-c2ccncc2)n1. The van der Waals surface area contributed by atoms with Gasteiger partial charge in [0.2, 0.25) is 0 Å². The van der Waals surface area contributed by atoms with Gasteiger partial charge in [-0.15, -0.1) is 0 Å². The van der Waals surface area contributed by atoms with Crippen LogP contribution < -0.4 is 0 Å². The van der Waals surface area contributed by atoms with Crippen LogP contribution in [0.2, 0.25) is 0 Å². The lowest BCUT2D eigenvalue weighted by Gasteiger charge is -2.03. The highest BCUT2D eigenvalue weighted by molar-refractivity contribution is 9.08. The van der Waals surface area contributed by atoms with E-state index in [2.05, 4.69) is 46.1 Å². The Labute approximate surface area is 110 Å². The second kappa shape index (κ2) is 5.45. The maximum absolute atomic E-state index is 4.65. The van der Waals surface area contributed by atoms with Crippen LogP contribution in [0.15, 0.2) is 30.7 Å². The van der Waals surface area contributed by atoms with Crippen LogP contribution in [0.4, 0.5) is 0 Å². The molecule has 0 unspecified atom stereocenters. The van der Waals surface area contributed by atoms with E-state index in [-0.39, 0.29) is 0 Å². The number of alkyl halides is 1. The summed E-state index contributed by atoms with van der Waals surface area (Å²) in [6.07, 6.45) is 5.72. The lowest BCUT2D eigenvalue weighted by atomic mass is 10.1. The molecule has 0 bridgehead atoms. The molecule has 4 heteroatoms. The molecule has 2 rings (SSSR count). The second-order valence-corrected chi connectivity index (χ2v) is 5.05. The van der Waals surface area contributed by atoms with Gasteiger partial charge in [-0.25, -0.2) is 0 Å². The van der Waals surface area contributed by atoms with E-state index in [1.54, 1.807) is 12.4 Å². The molecule has 0 fully saturated rings. The topological polar surface area (TPSA) is 30.7 Å². The van der Waals surface area contributed by atoms with Crippen LogP contribution in [0.25, 0.3) is 11.3 Å². The molecule has 0 saturated heterocycles. The maximum atomic E-state index is 4.65. The standard InChI is InChI=1S/C13H16BrN3/c1-10(2)8-17-9-12(7-14)13(16-17)11-3-5-15-6-4-11/h3-6,9-10H,7-8H2,1-2H3. The molecule has 90 valence electrons. The van der Waals surface area contributed by atoms with Crippen LogP contribution in [-0.2, 0) is 11.9 Å². The first-order valence-electron chi connectivity index (χ1n) is 5.73. The Hall–Kier alpha value is -1.16. The summed E-state index contributed by atoms with van der Waals surface area (Å²) in [6.45, 7) is 5.34. The number of pyridine rings is 1. The summed E-state index contributed by atoms with van der Waals surface area (Å²) in [5.74, 6) is 0.600. The van der Waals surface area contributed by atoms with Crippen LogP contribution in [0.5, 0.6) is 0 Å². The normalized spacial score (nSPS) is 11.1. The fourth-order valence-electron chi connectivity index (χ4n) is 1.78. The molecule has 0 saturated carbocycles.